The van der Waals surface area contributed by atoms with Gasteiger partial charge in [-0.3, -0.25) is 4.79 Å². The van der Waals surface area contributed by atoms with E-state index in [4.69, 9.17) is 16.7 Å². The van der Waals surface area contributed by atoms with Gasteiger partial charge in [0.25, 0.3) is 5.91 Å². The Labute approximate surface area is 73.4 Å². The fourth-order valence-corrected chi connectivity index (χ4v) is 1.83. The van der Waals surface area contributed by atoms with Gasteiger partial charge in [0.2, 0.25) is 0 Å². The molecule has 0 bridgehead atoms. The lowest BCUT2D eigenvalue weighted by Crippen LogP contribution is -2.13. The van der Waals surface area contributed by atoms with Gasteiger partial charge in [0.1, 0.15) is 15.9 Å². The molecule has 0 aliphatic rings. The number of amides is 1. The predicted octanol–water partition coefficient (Wildman–Crippen LogP) is 0.609. The van der Waals surface area contributed by atoms with E-state index in [9.17, 15) is 4.79 Å². The van der Waals surface area contributed by atoms with Gasteiger partial charge in [-0.25, -0.2) is 0 Å². The summed E-state index contributed by atoms with van der Waals surface area (Å²) in [6.07, 6.45) is 0. The van der Waals surface area contributed by atoms with Crippen molar-refractivity contribution in [2.45, 2.75) is 6.92 Å². The Bertz CT molecular complexity index is 375. The molecule has 0 unspecified atom stereocenters. The van der Waals surface area contributed by atoms with E-state index < -0.39 is 5.91 Å². The largest absolute Gasteiger partial charge is 0.390 e. The van der Waals surface area contributed by atoms with Gasteiger partial charge in [-0.1, -0.05) is 0 Å². The zero-order valence-electron chi connectivity index (χ0n) is 6.42. The standard InChI is InChI=1S/C7H7N3OS/c1-3-4(2-8)12-7(10)5(3)6(9)11/h10H2,1H3,(H2,9,11). The van der Waals surface area contributed by atoms with E-state index in [0.717, 1.165) is 11.3 Å². The molecule has 12 heavy (non-hydrogen) atoms. The molecule has 0 aliphatic carbocycles. The first kappa shape index (κ1) is 8.56. The van der Waals surface area contributed by atoms with Crippen molar-refractivity contribution >= 4 is 22.2 Å². The summed E-state index contributed by atoms with van der Waals surface area (Å²) in [5.74, 6) is -0.581. The molecule has 0 saturated heterocycles. The van der Waals surface area contributed by atoms with Crippen LogP contribution in [0.3, 0.4) is 0 Å². The molecule has 4 nitrogen and oxygen atoms in total. The van der Waals surface area contributed by atoms with Gasteiger partial charge in [0.15, 0.2) is 0 Å². The maximum atomic E-state index is 10.8. The quantitative estimate of drug-likeness (QED) is 0.664. The van der Waals surface area contributed by atoms with Crippen molar-refractivity contribution in [2.75, 3.05) is 5.73 Å². The number of nitrogen functional groups attached to an aromatic ring is 1. The lowest BCUT2D eigenvalue weighted by Gasteiger charge is -1.93. The van der Waals surface area contributed by atoms with Crippen LogP contribution in [-0.2, 0) is 0 Å². The first-order valence-corrected chi connectivity index (χ1v) is 3.98. The van der Waals surface area contributed by atoms with Gasteiger partial charge in [-0.2, -0.15) is 5.26 Å². The van der Waals surface area contributed by atoms with E-state index in [-0.39, 0.29) is 5.56 Å². The van der Waals surface area contributed by atoms with Gasteiger partial charge in [-0.05, 0) is 12.5 Å². The van der Waals surface area contributed by atoms with Crippen LogP contribution >= 0.6 is 11.3 Å². The van der Waals surface area contributed by atoms with Crippen LogP contribution in [0.4, 0.5) is 5.00 Å². The third-order valence-electron chi connectivity index (χ3n) is 1.52. The molecule has 1 rings (SSSR count). The molecular weight excluding hydrogens is 174 g/mol. The molecule has 0 atom stereocenters. The molecule has 62 valence electrons. The average molecular weight is 181 g/mol. The third kappa shape index (κ3) is 1.12. The van der Waals surface area contributed by atoms with Crippen LogP contribution in [0.1, 0.15) is 20.8 Å². The summed E-state index contributed by atoms with van der Waals surface area (Å²) in [6, 6.07) is 1.94. The summed E-state index contributed by atoms with van der Waals surface area (Å²) in [6.45, 7) is 1.66. The number of nitriles is 1. The van der Waals surface area contributed by atoms with Gasteiger partial charge in [-0.15, -0.1) is 11.3 Å². The van der Waals surface area contributed by atoms with Gasteiger partial charge >= 0.3 is 0 Å². The zero-order chi connectivity index (χ0) is 9.30. The molecule has 1 heterocycles. The van der Waals surface area contributed by atoms with Crippen molar-refractivity contribution in [3.05, 3.63) is 16.0 Å². The number of thiophene rings is 1. The fourth-order valence-electron chi connectivity index (χ4n) is 0.949. The van der Waals surface area contributed by atoms with E-state index in [0.29, 0.717) is 15.4 Å². The minimum atomic E-state index is -0.581. The van der Waals surface area contributed by atoms with Crippen LogP contribution in [0.15, 0.2) is 0 Å². The van der Waals surface area contributed by atoms with E-state index in [1.807, 2.05) is 6.07 Å². The fraction of sp³-hybridized carbons (Fsp3) is 0.143. The summed E-state index contributed by atoms with van der Waals surface area (Å²) in [5, 5.41) is 8.91. The molecule has 0 saturated carbocycles. The first-order valence-electron chi connectivity index (χ1n) is 3.16. The zero-order valence-corrected chi connectivity index (χ0v) is 7.23. The number of anilines is 1. The minimum Gasteiger partial charge on any atom is -0.390 e. The van der Waals surface area contributed by atoms with Crippen LogP contribution in [0.2, 0.25) is 0 Å². The molecule has 0 spiro atoms. The lowest BCUT2D eigenvalue weighted by atomic mass is 10.1. The van der Waals surface area contributed by atoms with Crippen molar-refractivity contribution < 1.29 is 4.79 Å². The summed E-state index contributed by atoms with van der Waals surface area (Å²) in [7, 11) is 0. The first-order chi connectivity index (χ1) is 5.57. The topological polar surface area (TPSA) is 92.9 Å². The molecule has 1 amide bonds. The smallest absolute Gasteiger partial charge is 0.252 e. The molecule has 0 radical (unpaired) electrons. The van der Waals surface area contributed by atoms with Crippen molar-refractivity contribution in [1.29, 1.82) is 5.26 Å². The number of primary amides is 1. The Morgan fingerprint density at radius 2 is 2.25 bits per heavy atom. The van der Waals surface area contributed by atoms with Gasteiger partial charge in [0.05, 0.1) is 5.56 Å². The number of nitrogens with zero attached hydrogens (tertiary/aromatic N) is 1. The average Bonchev–Trinajstić information content (AvgIpc) is 2.25. The minimum absolute atomic E-state index is 0.275. The van der Waals surface area contributed by atoms with Crippen LogP contribution in [0.5, 0.6) is 0 Å². The summed E-state index contributed by atoms with van der Waals surface area (Å²) >= 11 is 1.09. The van der Waals surface area contributed by atoms with Crippen LogP contribution in [0.25, 0.3) is 0 Å². The maximum absolute atomic E-state index is 10.8. The second-order valence-electron chi connectivity index (χ2n) is 2.27. The molecule has 1 aromatic heterocycles. The Balaban J connectivity index is 3.40. The highest BCUT2D eigenvalue weighted by Crippen LogP contribution is 2.28. The normalized spacial score (nSPS) is 9.33. The number of nitrogens with two attached hydrogens (primary N) is 2. The number of carbonyl (C=O) groups excluding carboxylic acids is 1. The van der Waals surface area contributed by atoms with E-state index >= 15 is 0 Å². The van der Waals surface area contributed by atoms with Gasteiger partial charge in [0, 0.05) is 0 Å². The van der Waals surface area contributed by atoms with Crippen molar-refractivity contribution in [1.82, 2.24) is 0 Å². The van der Waals surface area contributed by atoms with E-state index in [1.165, 1.54) is 0 Å². The Hall–Kier alpha value is -1.54. The number of rotatable bonds is 1. The predicted molar refractivity (Wildman–Crippen MR) is 46.7 cm³/mol. The Morgan fingerprint density at radius 1 is 1.67 bits per heavy atom. The van der Waals surface area contributed by atoms with Gasteiger partial charge < -0.3 is 11.5 Å². The third-order valence-corrected chi connectivity index (χ3v) is 2.55. The molecule has 4 N–H and O–H groups in total. The van der Waals surface area contributed by atoms with Crippen LogP contribution in [-0.4, -0.2) is 5.91 Å². The molecule has 0 aromatic carbocycles. The lowest BCUT2D eigenvalue weighted by molar-refractivity contribution is 0.100. The highest BCUT2D eigenvalue weighted by atomic mass is 32.1. The molecule has 5 heteroatoms. The highest BCUT2D eigenvalue weighted by molar-refractivity contribution is 7.17. The van der Waals surface area contributed by atoms with Crippen molar-refractivity contribution in [3.8, 4) is 6.07 Å². The monoisotopic (exact) mass is 181 g/mol. The Morgan fingerprint density at radius 3 is 2.50 bits per heavy atom. The SMILES string of the molecule is Cc1c(C#N)sc(N)c1C(N)=O. The number of hydrogen-bond acceptors (Lipinski definition) is 4. The molecule has 0 fully saturated rings. The van der Waals surface area contributed by atoms with E-state index in [1.54, 1.807) is 6.92 Å². The molecular formula is C7H7N3OS. The highest BCUT2D eigenvalue weighted by Gasteiger charge is 2.16. The molecule has 0 aliphatic heterocycles. The van der Waals surface area contributed by atoms with Crippen molar-refractivity contribution in [3.63, 3.8) is 0 Å². The summed E-state index contributed by atoms with van der Waals surface area (Å²) in [5.41, 5.74) is 11.4. The van der Waals surface area contributed by atoms with Crippen molar-refractivity contribution in [2.24, 2.45) is 5.73 Å². The molecule has 1 aromatic rings. The second-order valence-corrected chi connectivity index (χ2v) is 3.32. The summed E-state index contributed by atoms with van der Waals surface area (Å²) < 4.78 is 0. The van der Waals surface area contributed by atoms with Crippen LogP contribution < -0.4 is 11.5 Å². The van der Waals surface area contributed by atoms with Crippen LogP contribution in [0, 0.1) is 18.3 Å². The van der Waals surface area contributed by atoms with E-state index in [2.05, 4.69) is 0 Å². The Kier molecular flexibility index (Phi) is 2.02. The second kappa shape index (κ2) is 2.83. The summed E-state index contributed by atoms with van der Waals surface area (Å²) in [4.78, 5) is 11.3. The maximum Gasteiger partial charge on any atom is 0.252 e. The number of hydrogen-bond donors (Lipinski definition) is 2. The number of carbonyl (C=O) groups is 1.